The van der Waals surface area contributed by atoms with Gasteiger partial charge in [0, 0.05) is 52.0 Å². The first-order valence-electron chi connectivity index (χ1n) is 28.0. The van der Waals surface area contributed by atoms with Crippen LogP contribution in [0.4, 0.5) is 4.79 Å². The summed E-state index contributed by atoms with van der Waals surface area (Å²) in [5, 5.41) is 46.0. The van der Waals surface area contributed by atoms with E-state index in [1.807, 2.05) is 0 Å². The van der Waals surface area contributed by atoms with E-state index in [9.17, 15) is 58.2 Å². The Morgan fingerprint density at radius 2 is 1.26 bits per heavy atom. The number of carbonyl (C=O) groups excluding carboxylic acids is 10. The van der Waals surface area contributed by atoms with Crippen molar-refractivity contribution in [3.63, 3.8) is 0 Å². The van der Waals surface area contributed by atoms with Gasteiger partial charge in [0.15, 0.2) is 17.9 Å². The second-order valence-electron chi connectivity index (χ2n) is 20.6. The lowest BCUT2D eigenvalue weighted by atomic mass is 10.00. The van der Waals surface area contributed by atoms with Crippen molar-refractivity contribution in [3.05, 3.63) is 59.7 Å². The lowest BCUT2D eigenvalue weighted by Crippen LogP contribution is -2.60. The third-order valence-corrected chi connectivity index (χ3v) is 12.9. The summed E-state index contributed by atoms with van der Waals surface area (Å²) in [5.74, 6) is -8.60. The Hall–Kier alpha value is -9.45. The average molecular weight is 1190 g/mol. The molecule has 0 saturated heterocycles. The minimum atomic E-state index is -1.54. The van der Waals surface area contributed by atoms with E-state index in [1.54, 1.807) is 13.8 Å². The van der Waals surface area contributed by atoms with Crippen LogP contribution in [0, 0.1) is 5.92 Å². The van der Waals surface area contributed by atoms with Crippen molar-refractivity contribution in [2.75, 3.05) is 32.7 Å². The smallest absolute Gasteiger partial charge is 0.321 e. The van der Waals surface area contributed by atoms with E-state index >= 15 is 0 Å². The lowest BCUT2D eigenvalue weighted by molar-refractivity contribution is -0.136. The first kappa shape index (κ1) is 69.8. The zero-order chi connectivity index (χ0) is 63.0. The normalized spacial score (nSPS) is 19.0. The number of phenolic OH excluding ortho intramolecular Hbond substituents is 2. The van der Waals surface area contributed by atoms with E-state index < -0.39 is 108 Å². The van der Waals surface area contributed by atoms with Crippen molar-refractivity contribution >= 4 is 77.1 Å². The molecular formula is C54H85N19O12. The van der Waals surface area contributed by atoms with E-state index in [1.165, 1.54) is 55.5 Å². The molecule has 31 heteroatoms. The number of aliphatic imine (C=N–C) groups is 3. The number of hydrogen-bond acceptors (Lipinski definition) is 16. The van der Waals surface area contributed by atoms with Crippen LogP contribution < -0.4 is 87.6 Å². The van der Waals surface area contributed by atoms with E-state index in [-0.39, 0.29) is 132 Å². The molecule has 0 aliphatic carbocycles. The molecule has 0 spiro atoms. The Morgan fingerprint density at radius 1 is 0.694 bits per heavy atom. The molecule has 0 aromatic heterocycles. The first-order valence-corrected chi connectivity index (χ1v) is 28.0. The van der Waals surface area contributed by atoms with Crippen LogP contribution in [0.5, 0.6) is 11.5 Å². The number of aromatic hydroxyl groups is 2. The number of rotatable bonds is 23. The molecule has 468 valence electrons. The second kappa shape index (κ2) is 36.9. The second-order valence-corrected chi connectivity index (χ2v) is 20.6. The lowest BCUT2D eigenvalue weighted by Gasteiger charge is -2.28. The molecule has 1 heterocycles. The van der Waals surface area contributed by atoms with E-state index in [0.717, 1.165) is 0 Å². The molecule has 1 aliphatic heterocycles. The summed E-state index contributed by atoms with van der Waals surface area (Å²) < 4.78 is 0. The summed E-state index contributed by atoms with van der Waals surface area (Å²) in [5.41, 5.74) is 34.8. The van der Waals surface area contributed by atoms with Crippen LogP contribution in [0.2, 0.25) is 0 Å². The molecule has 0 saturated carbocycles. The number of primary amides is 1. The number of nitrogens with one attached hydrogen (secondary N) is 10. The summed E-state index contributed by atoms with van der Waals surface area (Å²) in [6, 6.07) is 0.861. The van der Waals surface area contributed by atoms with Gasteiger partial charge in [0.1, 0.15) is 53.8 Å². The van der Waals surface area contributed by atoms with Crippen LogP contribution in [0.25, 0.3) is 0 Å². The van der Waals surface area contributed by atoms with Crippen molar-refractivity contribution in [2.24, 2.45) is 55.3 Å². The number of amides is 11. The molecule has 0 bridgehead atoms. The van der Waals surface area contributed by atoms with Gasteiger partial charge in [0.05, 0.1) is 6.42 Å². The van der Waals surface area contributed by atoms with Gasteiger partial charge in [0.25, 0.3) is 0 Å². The van der Waals surface area contributed by atoms with E-state index in [4.69, 9.17) is 34.4 Å². The van der Waals surface area contributed by atoms with Crippen LogP contribution in [0.15, 0.2) is 63.5 Å². The van der Waals surface area contributed by atoms with Crippen LogP contribution >= 0.6 is 0 Å². The fraction of sp³-hybridized carbons (Fsp3) is 0.537. The number of carbonyl (C=O) groups is 10. The topological polar surface area (TPSA) is 525 Å². The number of nitrogens with two attached hydrogens (primary N) is 6. The van der Waals surface area contributed by atoms with Crippen molar-refractivity contribution in [1.82, 2.24) is 53.2 Å². The van der Waals surface area contributed by atoms with Gasteiger partial charge in [-0.05, 0) is 99.1 Å². The molecule has 0 unspecified atom stereocenters. The predicted octanol–water partition coefficient (Wildman–Crippen LogP) is -3.98. The van der Waals surface area contributed by atoms with Gasteiger partial charge in [-0.2, -0.15) is 0 Å². The molecule has 3 rings (SSSR count). The van der Waals surface area contributed by atoms with Gasteiger partial charge in [-0.25, -0.2) is 4.79 Å². The fourth-order valence-corrected chi connectivity index (χ4v) is 8.46. The molecular weight excluding hydrogens is 1110 g/mol. The maximum atomic E-state index is 14.8. The van der Waals surface area contributed by atoms with Crippen LogP contribution in [0.3, 0.4) is 0 Å². The highest BCUT2D eigenvalue weighted by molar-refractivity contribution is 5.99. The molecule has 7 atom stereocenters. The van der Waals surface area contributed by atoms with Crippen LogP contribution in [0.1, 0.15) is 103 Å². The van der Waals surface area contributed by atoms with Gasteiger partial charge in [-0.3, -0.25) is 63.4 Å². The summed E-state index contributed by atoms with van der Waals surface area (Å²) in [6.07, 6.45) is -0.260. The van der Waals surface area contributed by atoms with Gasteiger partial charge in [-0.15, -0.1) is 0 Å². The van der Waals surface area contributed by atoms with Gasteiger partial charge in [0.2, 0.25) is 53.2 Å². The Morgan fingerprint density at radius 3 is 1.86 bits per heavy atom. The first-order chi connectivity index (χ1) is 40.3. The fourth-order valence-electron chi connectivity index (χ4n) is 8.46. The quantitative estimate of drug-likeness (QED) is 0.0287. The third kappa shape index (κ3) is 27.9. The molecule has 2 aromatic rings. The third-order valence-electron chi connectivity index (χ3n) is 12.9. The average Bonchev–Trinajstić information content (AvgIpc) is 3.66. The minimum Gasteiger partial charge on any atom is -0.508 e. The Kier molecular flexibility index (Phi) is 30.3. The number of hydrogen-bond donors (Lipinski definition) is 18. The van der Waals surface area contributed by atoms with Crippen LogP contribution in [-0.4, -0.2) is 162 Å². The monoisotopic (exact) mass is 1190 g/mol. The predicted molar refractivity (Wildman–Crippen MR) is 315 cm³/mol. The van der Waals surface area contributed by atoms with Crippen LogP contribution in [-0.2, 0) is 56.0 Å². The zero-order valence-corrected chi connectivity index (χ0v) is 48.2. The van der Waals surface area contributed by atoms with E-state index in [0.29, 0.717) is 24.0 Å². The zero-order valence-electron chi connectivity index (χ0n) is 48.2. The molecule has 24 N–H and O–H groups in total. The molecule has 0 radical (unpaired) electrons. The Labute approximate surface area is 492 Å². The standard InChI is InChI=1S/C54H85N19O12/c1-4-42(76)66-41-29-43(77)61-21-5-6-22-65-54(85)73-53(60)64-25-9-12-37(68-49(83)40(28-32-15-19-34(75)20-16-32)72-47(81)36(69-50(41)84)11-8-24-63-52(58)59)46(80)71-39(26-30(2)3)48(82)67-35(10-7-23-62-51(56)57)45(79)70-38(44(55)78)27-31-13-17-33(74)18-14-31/h13-20,30,35-41,74-75H,4-12,21-29H2,1-3H3,(H2,55,78)(H,61,77)(H,66,76)(H,67,82)(H,68,83)(H,69,84)(H,70,79)(H,71,80)(H,72,81)(H4,56,57,62)(H4,58,59,63)(H4,60,64,65,73,85)/t35-,36-,37-,38-,39-,40-,41+/m0/s1. The number of urea groups is 1. The Bertz CT molecular complexity index is 2660. The molecule has 2 aromatic carbocycles. The molecule has 0 fully saturated rings. The number of guanidine groups is 3. The largest absolute Gasteiger partial charge is 0.508 e. The van der Waals surface area contributed by atoms with Gasteiger partial charge >= 0.3 is 6.03 Å². The molecule has 1 aliphatic rings. The Balaban J connectivity index is 2.11. The minimum absolute atomic E-state index is 0.00495. The summed E-state index contributed by atoms with van der Waals surface area (Å²) in [6.45, 7) is 5.31. The van der Waals surface area contributed by atoms with Crippen molar-refractivity contribution in [3.8, 4) is 11.5 Å². The maximum absolute atomic E-state index is 14.8. The van der Waals surface area contributed by atoms with Gasteiger partial charge < -0.3 is 92.5 Å². The number of benzene rings is 2. The molecule has 11 amide bonds. The summed E-state index contributed by atoms with van der Waals surface area (Å²) in [4.78, 5) is 150. The highest BCUT2D eigenvalue weighted by atomic mass is 16.3. The summed E-state index contributed by atoms with van der Waals surface area (Å²) >= 11 is 0. The summed E-state index contributed by atoms with van der Waals surface area (Å²) in [7, 11) is 0. The molecule has 31 nitrogen and oxygen atoms in total. The number of phenols is 2. The number of nitrogens with zero attached hydrogens (tertiary/aromatic N) is 3. The highest BCUT2D eigenvalue weighted by Crippen LogP contribution is 2.16. The van der Waals surface area contributed by atoms with Crippen molar-refractivity contribution < 1.29 is 58.2 Å². The van der Waals surface area contributed by atoms with E-state index in [2.05, 4.69) is 68.1 Å². The van der Waals surface area contributed by atoms with Crippen molar-refractivity contribution in [1.29, 1.82) is 0 Å². The highest BCUT2D eigenvalue weighted by Gasteiger charge is 2.35. The SMILES string of the molecule is CCC(=O)N[C@@H]1CC(=O)NCCCCNC(=O)NC(N)=NCCC[C@@H](C(=O)N[C@@H](CC(C)C)C(=O)N[C@@H](CCCN=C(N)N)C(=O)N[C@@H](Cc2ccc(O)cc2)C(N)=O)NC(=O)[C@H](Cc2ccc(O)cc2)NC(=O)[C@H](CCCN=C(N)N)NC1=O. The maximum Gasteiger partial charge on any atom is 0.321 e. The van der Waals surface area contributed by atoms with Crippen molar-refractivity contribution in [2.45, 2.75) is 147 Å². The van der Waals surface area contributed by atoms with Gasteiger partial charge in [-0.1, -0.05) is 45.0 Å². The molecule has 85 heavy (non-hydrogen) atoms.